The third kappa shape index (κ3) is 3.56. The average Bonchev–Trinajstić information content (AvgIpc) is 2.78. The summed E-state index contributed by atoms with van der Waals surface area (Å²) in [6, 6.07) is 0.468. The number of amides is 1. The van der Waals surface area contributed by atoms with Crippen molar-refractivity contribution in [1.82, 2.24) is 20.4 Å². The number of aryl methyl sites for hydroxylation is 2. The van der Waals surface area contributed by atoms with Gasteiger partial charge in [0.15, 0.2) is 0 Å². The minimum Gasteiger partial charge on any atom is -0.481 e. The monoisotopic (exact) mass is 294 g/mol. The van der Waals surface area contributed by atoms with Crippen LogP contribution in [0.15, 0.2) is 0 Å². The topological polar surface area (TPSA) is 68.2 Å². The highest BCUT2D eigenvalue weighted by Crippen LogP contribution is 2.26. The lowest BCUT2D eigenvalue weighted by Crippen LogP contribution is -2.37. The lowest BCUT2D eigenvalue weighted by atomic mass is 9.85. The van der Waals surface area contributed by atoms with Crippen molar-refractivity contribution < 1.29 is 9.53 Å². The van der Waals surface area contributed by atoms with Crippen LogP contribution in [0.4, 0.5) is 0 Å². The van der Waals surface area contributed by atoms with Crippen LogP contribution in [0, 0.1) is 12.8 Å². The van der Waals surface area contributed by atoms with Gasteiger partial charge in [0.05, 0.1) is 18.4 Å². The number of nitrogens with zero attached hydrogens (tertiary/aromatic N) is 2. The van der Waals surface area contributed by atoms with Crippen molar-refractivity contribution in [2.45, 2.75) is 45.2 Å². The Bertz CT molecular complexity index is 490. The number of carbonyl (C=O) groups excluding carboxylic acids is 1. The van der Waals surface area contributed by atoms with E-state index in [2.05, 4.69) is 15.7 Å². The molecule has 1 heterocycles. The van der Waals surface area contributed by atoms with Crippen molar-refractivity contribution in [1.29, 1.82) is 0 Å². The van der Waals surface area contributed by atoms with Gasteiger partial charge in [0.1, 0.15) is 0 Å². The maximum absolute atomic E-state index is 11.6. The van der Waals surface area contributed by atoms with E-state index in [1.165, 1.54) is 0 Å². The molecule has 0 atom stereocenters. The SMILES string of the molecule is CNC(=O)C1CCC(NCc2c(C)nn(C)c2OC)CC1. The van der Waals surface area contributed by atoms with Crippen LogP contribution >= 0.6 is 0 Å². The molecule has 1 aromatic heterocycles. The van der Waals surface area contributed by atoms with E-state index < -0.39 is 0 Å². The fourth-order valence-electron chi connectivity index (χ4n) is 3.15. The predicted octanol–water partition coefficient (Wildman–Crippen LogP) is 1.13. The Labute approximate surface area is 126 Å². The van der Waals surface area contributed by atoms with E-state index in [1.807, 2.05) is 14.0 Å². The zero-order valence-electron chi connectivity index (χ0n) is 13.4. The van der Waals surface area contributed by atoms with E-state index >= 15 is 0 Å². The zero-order valence-corrected chi connectivity index (χ0v) is 13.4. The van der Waals surface area contributed by atoms with Crippen LogP contribution in [0.5, 0.6) is 5.88 Å². The molecule has 118 valence electrons. The fourth-order valence-corrected chi connectivity index (χ4v) is 3.15. The number of hydrogen-bond acceptors (Lipinski definition) is 4. The van der Waals surface area contributed by atoms with Crippen LogP contribution in [0.3, 0.4) is 0 Å². The number of aromatic nitrogens is 2. The molecule has 0 aromatic carbocycles. The van der Waals surface area contributed by atoms with Crippen molar-refractivity contribution in [2.24, 2.45) is 13.0 Å². The molecule has 1 aromatic rings. The molecule has 1 aliphatic carbocycles. The molecule has 0 bridgehead atoms. The molecule has 1 fully saturated rings. The number of nitrogens with one attached hydrogen (secondary N) is 2. The molecule has 2 rings (SSSR count). The second-order valence-electron chi connectivity index (χ2n) is 5.74. The smallest absolute Gasteiger partial charge is 0.222 e. The third-order valence-electron chi connectivity index (χ3n) is 4.39. The minimum absolute atomic E-state index is 0.179. The average molecular weight is 294 g/mol. The summed E-state index contributed by atoms with van der Waals surface area (Å²) in [7, 11) is 5.28. The molecule has 2 N–H and O–H groups in total. The summed E-state index contributed by atoms with van der Waals surface area (Å²) < 4.78 is 7.18. The Morgan fingerprint density at radius 2 is 2.05 bits per heavy atom. The van der Waals surface area contributed by atoms with Crippen molar-refractivity contribution in [2.75, 3.05) is 14.2 Å². The van der Waals surface area contributed by atoms with E-state index in [0.29, 0.717) is 6.04 Å². The van der Waals surface area contributed by atoms with Gasteiger partial charge in [-0.25, -0.2) is 4.68 Å². The summed E-state index contributed by atoms with van der Waals surface area (Å²) >= 11 is 0. The Kier molecular flexibility index (Phi) is 5.22. The standard InChI is InChI=1S/C15H26N4O2/c1-10-13(15(21-4)19(3)18-10)9-17-12-7-5-11(6-8-12)14(20)16-2/h11-12,17H,5-9H2,1-4H3,(H,16,20). The van der Waals surface area contributed by atoms with Gasteiger partial charge in [0.2, 0.25) is 11.8 Å². The summed E-state index contributed by atoms with van der Waals surface area (Å²) in [6.07, 6.45) is 4.00. The molecular formula is C15H26N4O2. The van der Waals surface area contributed by atoms with Crippen molar-refractivity contribution in [3.63, 3.8) is 0 Å². The predicted molar refractivity (Wildman–Crippen MR) is 81.1 cm³/mol. The van der Waals surface area contributed by atoms with Crippen LogP contribution in [-0.4, -0.2) is 35.9 Å². The van der Waals surface area contributed by atoms with Crippen LogP contribution in [0.2, 0.25) is 0 Å². The number of rotatable bonds is 5. The van der Waals surface area contributed by atoms with E-state index in [1.54, 1.807) is 18.8 Å². The maximum Gasteiger partial charge on any atom is 0.222 e. The van der Waals surface area contributed by atoms with Gasteiger partial charge in [-0.1, -0.05) is 0 Å². The molecular weight excluding hydrogens is 268 g/mol. The van der Waals surface area contributed by atoms with Gasteiger partial charge in [-0.05, 0) is 32.6 Å². The number of methoxy groups -OCH3 is 1. The highest BCUT2D eigenvalue weighted by atomic mass is 16.5. The molecule has 0 saturated heterocycles. The summed E-state index contributed by atoms with van der Waals surface area (Å²) in [5, 5.41) is 10.7. The van der Waals surface area contributed by atoms with E-state index in [-0.39, 0.29) is 11.8 Å². The number of hydrogen-bond donors (Lipinski definition) is 2. The molecule has 1 aliphatic rings. The minimum atomic E-state index is 0.179. The molecule has 21 heavy (non-hydrogen) atoms. The van der Waals surface area contributed by atoms with Crippen molar-refractivity contribution in [3.05, 3.63) is 11.3 Å². The van der Waals surface area contributed by atoms with Crippen LogP contribution in [0.25, 0.3) is 0 Å². The third-order valence-corrected chi connectivity index (χ3v) is 4.39. The lowest BCUT2D eigenvalue weighted by molar-refractivity contribution is -0.125. The molecule has 1 amide bonds. The molecule has 0 aliphatic heterocycles. The molecule has 0 spiro atoms. The summed E-state index contributed by atoms with van der Waals surface area (Å²) in [4.78, 5) is 11.6. The highest BCUT2D eigenvalue weighted by Gasteiger charge is 2.25. The Balaban J connectivity index is 1.87. The molecule has 0 unspecified atom stereocenters. The van der Waals surface area contributed by atoms with Gasteiger partial charge in [-0.15, -0.1) is 0 Å². The van der Waals surface area contributed by atoms with Crippen LogP contribution < -0.4 is 15.4 Å². The quantitative estimate of drug-likeness (QED) is 0.854. The van der Waals surface area contributed by atoms with Gasteiger partial charge in [-0.2, -0.15) is 5.10 Å². The first-order valence-electron chi connectivity index (χ1n) is 7.58. The molecule has 0 radical (unpaired) electrons. The van der Waals surface area contributed by atoms with E-state index in [9.17, 15) is 4.79 Å². The van der Waals surface area contributed by atoms with E-state index in [4.69, 9.17) is 4.74 Å². The van der Waals surface area contributed by atoms with Gasteiger partial charge >= 0.3 is 0 Å². The number of carbonyl (C=O) groups is 1. The first-order chi connectivity index (χ1) is 10.1. The number of ether oxygens (including phenoxy) is 1. The molecule has 1 saturated carbocycles. The molecule has 6 heteroatoms. The van der Waals surface area contributed by atoms with Gasteiger partial charge < -0.3 is 15.4 Å². The molecule has 6 nitrogen and oxygen atoms in total. The largest absolute Gasteiger partial charge is 0.481 e. The van der Waals surface area contributed by atoms with Crippen molar-refractivity contribution in [3.8, 4) is 5.88 Å². The first-order valence-corrected chi connectivity index (χ1v) is 7.58. The van der Waals surface area contributed by atoms with Crippen LogP contribution in [0.1, 0.15) is 36.9 Å². The second-order valence-corrected chi connectivity index (χ2v) is 5.74. The zero-order chi connectivity index (χ0) is 15.4. The Hall–Kier alpha value is -1.56. The maximum atomic E-state index is 11.6. The van der Waals surface area contributed by atoms with Crippen LogP contribution in [-0.2, 0) is 18.4 Å². The van der Waals surface area contributed by atoms with Gasteiger partial charge in [-0.3, -0.25) is 4.79 Å². The normalized spacial score (nSPS) is 22.1. The van der Waals surface area contributed by atoms with Gasteiger partial charge in [0.25, 0.3) is 0 Å². The Morgan fingerprint density at radius 1 is 1.38 bits per heavy atom. The summed E-state index contributed by atoms with van der Waals surface area (Å²) in [5.74, 6) is 1.18. The lowest BCUT2D eigenvalue weighted by Gasteiger charge is -2.28. The van der Waals surface area contributed by atoms with Crippen molar-refractivity contribution >= 4 is 5.91 Å². The van der Waals surface area contributed by atoms with Gasteiger partial charge in [0, 0.05) is 32.6 Å². The summed E-state index contributed by atoms with van der Waals surface area (Å²) in [5.41, 5.74) is 2.12. The second kappa shape index (κ2) is 6.93. The fraction of sp³-hybridized carbons (Fsp3) is 0.733. The highest BCUT2D eigenvalue weighted by molar-refractivity contribution is 5.78. The first kappa shape index (κ1) is 15.8. The summed E-state index contributed by atoms with van der Waals surface area (Å²) in [6.45, 7) is 2.76. The Morgan fingerprint density at radius 3 is 2.62 bits per heavy atom. The van der Waals surface area contributed by atoms with E-state index in [0.717, 1.165) is 49.4 Å².